The van der Waals surface area contributed by atoms with Gasteiger partial charge in [-0.2, -0.15) is 10.2 Å². The maximum Gasteiger partial charge on any atom is 0.0730 e. The summed E-state index contributed by atoms with van der Waals surface area (Å²) in [5.74, 6) is 0.682. The summed E-state index contributed by atoms with van der Waals surface area (Å²) in [5.41, 5.74) is 4.79. The molecule has 1 aromatic heterocycles. The standard InChI is InChI=1S/C17H26N2/c1-15(2,3)10-11-9-12-13-7-8-17(6,16(13,4)5)14(12)19-18-11/h9,13H,7-8,10H2,1-6H3/t13-,17?/m0/s1. The minimum absolute atomic E-state index is 0.236. The summed E-state index contributed by atoms with van der Waals surface area (Å²) in [4.78, 5) is 0. The highest BCUT2D eigenvalue weighted by Gasteiger charge is 2.60. The second kappa shape index (κ2) is 3.59. The zero-order valence-corrected chi connectivity index (χ0v) is 13.2. The fraction of sp³-hybridized carbons (Fsp3) is 0.765. The number of nitrogens with zero attached hydrogens (tertiary/aromatic N) is 2. The summed E-state index contributed by atoms with van der Waals surface area (Å²) in [6.45, 7) is 14.0. The number of aromatic nitrogens is 2. The summed E-state index contributed by atoms with van der Waals surface area (Å²) in [6, 6.07) is 2.35. The largest absolute Gasteiger partial charge is 0.155 e. The van der Waals surface area contributed by atoms with Gasteiger partial charge < -0.3 is 0 Å². The van der Waals surface area contributed by atoms with E-state index in [0.717, 1.165) is 6.42 Å². The molecule has 0 N–H and O–H groups in total. The highest BCUT2D eigenvalue weighted by Crippen LogP contribution is 2.66. The van der Waals surface area contributed by atoms with Gasteiger partial charge in [0.1, 0.15) is 0 Å². The lowest BCUT2D eigenvalue weighted by molar-refractivity contribution is 0.226. The van der Waals surface area contributed by atoms with Gasteiger partial charge in [0.2, 0.25) is 0 Å². The van der Waals surface area contributed by atoms with E-state index in [1.54, 1.807) is 0 Å². The van der Waals surface area contributed by atoms with Gasteiger partial charge in [-0.15, -0.1) is 0 Å². The molecule has 19 heavy (non-hydrogen) atoms. The Bertz CT molecular complexity index is 525. The van der Waals surface area contributed by atoms with Crippen molar-refractivity contribution in [2.45, 2.75) is 72.1 Å². The number of hydrogen-bond acceptors (Lipinski definition) is 2. The molecule has 1 unspecified atom stereocenters. The fourth-order valence-electron chi connectivity index (χ4n) is 4.24. The fourth-order valence-corrected chi connectivity index (χ4v) is 4.24. The van der Waals surface area contributed by atoms with Crippen LogP contribution in [-0.4, -0.2) is 10.2 Å². The summed E-state index contributed by atoms with van der Waals surface area (Å²) in [5, 5.41) is 9.16. The first-order valence-electron chi connectivity index (χ1n) is 7.52. The molecule has 0 saturated heterocycles. The van der Waals surface area contributed by atoms with Crippen molar-refractivity contribution in [1.82, 2.24) is 10.2 Å². The minimum atomic E-state index is 0.236. The van der Waals surface area contributed by atoms with Crippen LogP contribution in [0.5, 0.6) is 0 Å². The Balaban J connectivity index is 2.04. The van der Waals surface area contributed by atoms with Gasteiger partial charge in [-0.25, -0.2) is 0 Å². The molecule has 1 fully saturated rings. The molecule has 2 nitrogen and oxygen atoms in total. The highest BCUT2D eigenvalue weighted by molar-refractivity contribution is 5.45. The van der Waals surface area contributed by atoms with E-state index in [0.29, 0.717) is 11.3 Å². The molecule has 0 aromatic carbocycles. The minimum Gasteiger partial charge on any atom is -0.155 e. The summed E-state index contributed by atoms with van der Waals surface area (Å²) >= 11 is 0. The average molecular weight is 258 g/mol. The van der Waals surface area contributed by atoms with Crippen LogP contribution in [-0.2, 0) is 11.8 Å². The van der Waals surface area contributed by atoms with Crippen molar-refractivity contribution in [3.63, 3.8) is 0 Å². The molecule has 0 spiro atoms. The molecular formula is C17H26N2. The lowest BCUT2D eigenvalue weighted by Gasteiger charge is -2.33. The first-order chi connectivity index (χ1) is 8.65. The van der Waals surface area contributed by atoms with E-state index in [1.807, 2.05) is 0 Å². The van der Waals surface area contributed by atoms with Crippen LogP contribution in [0.15, 0.2) is 6.07 Å². The SMILES string of the molecule is CC(C)(C)Cc1cc2c(nn1)C1(C)CC[C@@H]2C1(C)C. The summed E-state index contributed by atoms with van der Waals surface area (Å²) in [7, 11) is 0. The van der Waals surface area contributed by atoms with E-state index >= 15 is 0 Å². The van der Waals surface area contributed by atoms with Gasteiger partial charge in [-0.3, -0.25) is 0 Å². The van der Waals surface area contributed by atoms with Crippen LogP contribution in [0.25, 0.3) is 0 Å². The smallest absolute Gasteiger partial charge is 0.0730 e. The molecule has 2 bridgehead atoms. The van der Waals surface area contributed by atoms with Crippen molar-refractivity contribution in [2.75, 3.05) is 0 Å². The average Bonchev–Trinajstić information content (AvgIpc) is 2.57. The third-order valence-electron chi connectivity index (χ3n) is 5.71. The van der Waals surface area contributed by atoms with Gasteiger partial charge in [-0.05, 0) is 47.6 Å². The Kier molecular flexibility index (Phi) is 2.47. The number of rotatable bonds is 1. The maximum absolute atomic E-state index is 4.64. The first kappa shape index (κ1) is 13.1. The van der Waals surface area contributed by atoms with Crippen molar-refractivity contribution in [1.29, 1.82) is 0 Å². The van der Waals surface area contributed by atoms with E-state index in [9.17, 15) is 0 Å². The Morgan fingerprint density at radius 1 is 1.21 bits per heavy atom. The Morgan fingerprint density at radius 2 is 1.89 bits per heavy atom. The van der Waals surface area contributed by atoms with Gasteiger partial charge in [0.15, 0.2) is 0 Å². The predicted molar refractivity (Wildman–Crippen MR) is 78.3 cm³/mol. The van der Waals surface area contributed by atoms with Crippen LogP contribution in [0.1, 0.15) is 77.3 Å². The third kappa shape index (κ3) is 1.68. The van der Waals surface area contributed by atoms with E-state index in [-0.39, 0.29) is 10.8 Å². The third-order valence-corrected chi connectivity index (χ3v) is 5.71. The Labute approximate surface area is 117 Å². The van der Waals surface area contributed by atoms with Gasteiger partial charge in [-0.1, -0.05) is 41.5 Å². The van der Waals surface area contributed by atoms with Crippen molar-refractivity contribution >= 4 is 0 Å². The van der Waals surface area contributed by atoms with Crippen LogP contribution in [0.3, 0.4) is 0 Å². The highest BCUT2D eigenvalue weighted by atomic mass is 15.1. The maximum atomic E-state index is 4.64. The van der Waals surface area contributed by atoms with Gasteiger partial charge in [0.25, 0.3) is 0 Å². The van der Waals surface area contributed by atoms with Gasteiger partial charge in [0, 0.05) is 5.41 Å². The summed E-state index contributed by atoms with van der Waals surface area (Å²) in [6.07, 6.45) is 3.60. The topological polar surface area (TPSA) is 25.8 Å². The van der Waals surface area contributed by atoms with Crippen LogP contribution in [0, 0.1) is 10.8 Å². The van der Waals surface area contributed by atoms with E-state index in [4.69, 9.17) is 0 Å². The lowest BCUT2D eigenvalue weighted by atomic mass is 9.70. The Hall–Kier alpha value is -0.920. The molecule has 2 heteroatoms. The van der Waals surface area contributed by atoms with Crippen LogP contribution in [0.2, 0.25) is 0 Å². The van der Waals surface area contributed by atoms with Crippen molar-refractivity contribution in [3.8, 4) is 0 Å². The molecule has 1 heterocycles. The van der Waals surface area contributed by atoms with Crippen LogP contribution in [0.4, 0.5) is 0 Å². The molecule has 2 aliphatic rings. The quantitative estimate of drug-likeness (QED) is 0.753. The second-order valence-electron chi connectivity index (χ2n) is 8.52. The molecule has 0 amide bonds. The van der Waals surface area contributed by atoms with Crippen LogP contribution < -0.4 is 0 Å². The van der Waals surface area contributed by atoms with Gasteiger partial charge >= 0.3 is 0 Å². The molecule has 2 aliphatic carbocycles. The van der Waals surface area contributed by atoms with Crippen molar-refractivity contribution in [2.24, 2.45) is 10.8 Å². The molecule has 0 radical (unpaired) electrons. The zero-order valence-electron chi connectivity index (χ0n) is 13.2. The molecule has 1 saturated carbocycles. The van der Waals surface area contributed by atoms with E-state index < -0.39 is 0 Å². The Morgan fingerprint density at radius 3 is 2.53 bits per heavy atom. The van der Waals surface area contributed by atoms with Crippen LogP contribution >= 0.6 is 0 Å². The zero-order chi connectivity index (χ0) is 14.1. The van der Waals surface area contributed by atoms with Crippen molar-refractivity contribution < 1.29 is 0 Å². The molecular weight excluding hydrogens is 232 g/mol. The normalized spacial score (nSPS) is 31.6. The monoisotopic (exact) mass is 258 g/mol. The molecule has 104 valence electrons. The first-order valence-corrected chi connectivity index (χ1v) is 7.52. The molecule has 0 aliphatic heterocycles. The molecule has 3 rings (SSSR count). The van der Waals surface area contributed by atoms with E-state index in [2.05, 4.69) is 57.8 Å². The number of fused-ring (bicyclic) bond motifs is 5. The van der Waals surface area contributed by atoms with E-state index in [1.165, 1.54) is 29.8 Å². The van der Waals surface area contributed by atoms with Gasteiger partial charge in [0.05, 0.1) is 11.4 Å². The lowest BCUT2D eigenvalue weighted by Crippen LogP contribution is -2.32. The predicted octanol–water partition coefficient (Wildman–Crippen LogP) is 4.24. The summed E-state index contributed by atoms with van der Waals surface area (Å²) < 4.78 is 0. The molecule has 2 atom stereocenters. The molecule has 1 aromatic rings. The second-order valence-corrected chi connectivity index (χ2v) is 8.52. The van der Waals surface area contributed by atoms with Crippen molar-refractivity contribution in [3.05, 3.63) is 23.0 Å². The number of hydrogen-bond donors (Lipinski definition) is 0.